The van der Waals surface area contributed by atoms with Gasteiger partial charge in [0.2, 0.25) is 0 Å². The van der Waals surface area contributed by atoms with E-state index in [0.29, 0.717) is 12.8 Å². The Morgan fingerprint density at radius 2 is 0.478 bits per heavy atom. The van der Waals surface area contributed by atoms with Gasteiger partial charge in [0.15, 0.2) is 6.10 Å². The molecule has 90 heavy (non-hydrogen) atoms. The summed E-state index contributed by atoms with van der Waals surface area (Å²) in [5, 5.41) is 9.73. The molecule has 1 unspecified atom stereocenters. The Kier molecular flexibility index (Phi) is 78.2. The molecular formula is C85H156O5. The maximum atomic E-state index is 12.4. The number of aliphatic hydroxyl groups excluding tert-OH is 1. The van der Waals surface area contributed by atoms with Gasteiger partial charge in [0.05, 0.1) is 6.61 Å². The fourth-order valence-electron chi connectivity index (χ4n) is 12.5. The van der Waals surface area contributed by atoms with Crippen LogP contribution in [0, 0.1) is 0 Å². The number of aliphatic hydroxyl groups is 1. The van der Waals surface area contributed by atoms with Crippen molar-refractivity contribution in [2.24, 2.45) is 0 Å². The highest BCUT2D eigenvalue weighted by molar-refractivity contribution is 5.70. The summed E-state index contributed by atoms with van der Waals surface area (Å²) in [6.45, 7) is 4.08. The average Bonchev–Trinajstić information content (AvgIpc) is 3.62. The summed E-state index contributed by atoms with van der Waals surface area (Å²) in [5.74, 6) is -0.564. The second-order valence-electron chi connectivity index (χ2n) is 27.5. The Morgan fingerprint density at radius 1 is 0.267 bits per heavy atom. The molecule has 1 atom stereocenters. The van der Waals surface area contributed by atoms with Crippen LogP contribution < -0.4 is 0 Å². The van der Waals surface area contributed by atoms with Crippen molar-refractivity contribution < 1.29 is 24.2 Å². The molecule has 0 aliphatic carbocycles. The van der Waals surface area contributed by atoms with Crippen molar-refractivity contribution in [3.63, 3.8) is 0 Å². The summed E-state index contributed by atoms with van der Waals surface area (Å²) >= 11 is 0. The lowest BCUT2D eigenvalue weighted by Gasteiger charge is -2.15. The summed E-state index contributed by atoms with van der Waals surface area (Å²) in [6.07, 6.45) is 113. The van der Waals surface area contributed by atoms with Crippen LogP contribution in [0.4, 0.5) is 0 Å². The first-order valence-corrected chi connectivity index (χ1v) is 40.5. The van der Waals surface area contributed by atoms with Gasteiger partial charge in [-0.3, -0.25) is 9.59 Å². The molecule has 0 radical (unpaired) electrons. The van der Waals surface area contributed by atoms with Gasteiger partial charge in [0, 0.05) is 12.8 Å². The molecular weight excluding hydrogens is 1100 g/mol. The van der Waals surface area contributed by atoms with Gasteiger partial charge >= 0.3 is 11.9 Å². The van der Waals surface area contributed by atoms with Crippen LogP contribution in [-0.2, 0) is 19.1 Å². The fourth-order valence-corrected chi connectivity index (χ4v) is 12.5. The van der Waals surface area contributed by atoms with E-state index in [4.69, 9.17) is 9.47 Å². The van der Waals surface area contributed by atoms with Gasteiger partial charge in [-0.25, -0.2) is 0 Å². The van der Waals surface area contributed by atoms with E-state index >= 15 is 0 Å². The number of rotatable bonds is 76. The third kappa shape index (κ3) is 77.8. The molecule has 0 aliphatic rings. The van der Waals surface area contributed by atoms with Crippen molar-refractivity contribution in [2.45, 2.75) is 444 Å². The third-order valence-electron chi connectivity index (χ3n) is 18.5. The molecule has 5 nitrogen and oxygen atoms in total. The van der Waals surface area contributed by atoms with E-state index in [-0.39, 0.29) is 25.2 Å². The van der Waals surface area contributed by atoms with Crippen molar-refractivity contribution in [3.05, 3.63) is 72.9 Å². The van der Waals surface area contributed by atoms with Gasteiger partial charge in [0.25, 0.3) is 0 Å². The molecule has 0 aromatic carbocycles. The number of carbonyl (C=O) groups is 2. The van der Waals surface area contributed by atoms with Gasteiger partial charge in [0.1, 0.15) is 6.61 Å². The summed E-state index contributed by atoms with van der Waals surface area (Å²) in [7, 11) is 0. The maximum absolute atomic E-state index is 12.4. The molecule has 0 saturated heterocycles. The highest BCUT2D eigenvalue weighted by Gasteiger charge is 2.16. The molecule has 1 N–H and O–H groups in total. The SMILES string of the molecule is CC/C=C\C/C=C\C/C=C\C/C=C\CCCCCCCCCCCCCCCCCCCCCCCCCCC(=O)OC(CO)COC(=O)CCCCCCCCCCCCCCCCCCCCCCCCCCCCC/C=C\C/C=C\CCCCCCC. The van der Waals surface area contributed by atoms with E-state index in [2.05, 4.69) is 86.8 Å². The number of esters is 2. The minimum atomic E-state index is -0.772. The molecule has 0 aromatic heterocycles. The van der Waals surface area contributed by atoms with Gasteiger partial charge in [-0.05, 0) is 83.5 Å². The van der Waals surface area contributed by atoms with E-state index in [1.165, 1.54) is 347 Å². The first kappa shape index (κ1) is 87.3. The standard InChI is InChI=1S/C85H156O5/c1-3-5-7-9-11-13-15-17-19-21-23-25-27-29-31-33-35-37-39-41-42-44-45-47-49-51-53-55-57-59-61-63-65-67-69-71-73-75-77-79-84(87)89-82-83(81-86)90-85(88)80-78-76-74-72-70-68-66-64-62-60-58-56-54-52-50-48-46-43-40-38-36-34-32-30-28-26-24-22-20-18-16-14-12-10-8-6-4-2/h6,8,12,14-15,17-18,20-21,23-24,26,83,86H,3-5,7,9-11,13,16,19,22,25,27-82H2,1-2H3/b8-6-,14-12-,17-15-,20-18-,23-21-,26-24-. The van der Waals surface area contributed by atoms with Gasteiger partial charge < -0.3 is 14.6 Å². The van der Waals surface area contributed by atoms with Crippen LogP contribution in [-0.4, -0.2) is 36.4 Å². The third-order valence-corrected chi connectivity index (χ3v) is 18.5. The van der Waals surface area contributed by atoms with Crippen LogP contribution in [0.2, 0.25) is 0 Å². The molecule has 0 fully saturated rings. The highest BCUT2D eigenvalue weighted by Crippen LogP contribution is 2.20. The monoisotopic (exact) mass is 1260 g/mol. The lowest BCUT2D eigenvalue weighted by Crippen LogP contribution is -2.28. The molecule has 0 saturated carbocycles. The molecule has 0 aromatic rings. The predicted molar refractivity (Wildman–Crippen MR) is 399 cm³/mol. The summed E-state index contributed by atoms with van der Waals surface area (Å²) in [5.41, 5.74) is 0. The van der Waals surface area contributed by atoms with Crippen LogP contribution >= 0.6 is 0 Å². The first-order valence-electron chi connectivity index (χ1n) is 40.5. The summed E-state index contributed by atoms with van der Waals surface area (Å²) < 4.78 is 10.8. The summed E-state index contributed by atoms with van der Waals surface area (Å²) in [4.78, 5) is 24.7. The predicted octanol–water partition coefficient (Wildman–Crippen LogP) is 28.6. The molecule has 5 heteroatoms. The Morgan fingerprint density at radius 3 is 0.722 bits per heavy atom. The van der Waals surface area contributed by atoms with Crippen LogP contribution in [0.15, 0.2) is 72.9 Å². The maximum Gasteiger partial charge on any atom is 0.306 e. The minimum Gasteiger partial charge on any atom is -0.462 e. The first-order chi connectivity index (χ1) is 44.6. The molecule has 0 bridgehead atoms. The van der Waals surface area contributed by atoms with Crippen LogP contribution in [0.3, 0.4) is 0 Å². The Hall–Kier alpha value is -2.66. The zero-order valence-electron chi connectivity index (χ0n) is 60.7. The number of allylic oxidation sites excluding steroid dienone is 12. The lowest BCUT2D eigenvalue weighted by molar-refractivity contribution is -0.161. The van der Waals surface area contributed by atoms with E-state index in [1.807, 2.05) is 0 Å². The number of ether oxygens (including phenoxy) is 2. The Labute approximate surface area is 563 Å². The van der Waals surface area contributed by atoms with E-state index in [1.54, 1.807) is 0 Å². The Balaban J connectivity index is 3.36. The molecule has 0 heterocycles. The second kappa shape index (κ2) is 80.6. The van der Waals surface area contributed by atoms with E-state index in [0.717, 1.165) is 64.2 Å². The van der Waals surface area contributed by atoms with Crippen LogP contribution in [0.25, 0.3) is 0 Å². The van der Waals surface area contributed by atoms with Crippen LogP contribution in [0.1, 0.15) is 438 Å². The van der Waals surface area contributed by atoms with Gasteiger partial charge in [-0.1, -0.05) is 414 Å². The molecule has 0 spiro atoms. The molecule has 0 amide bonds. The smallest absolute Gasteiger partial charge is 0.306 e. The zero-order chi connectivity index (χ0) is 64.7. The highest BCUT2D eigenvalue weighted by atomic mass is 16.6. The second-order valence-corrected chi connectivity index (χ2v) is 27.5. The van der Waals surface area contributed by atoms with Gasteiger partial charge in [-0.2, -0.15) is 0 Å². The van der Waals surface area contributed by atoms with E-state index < -0.39 is 6.10 Å². The van der Waals surface area contributed by atoms with Crippen LogP contribution in [0.5, 0.6) is 0 Å². The number of hydrogen-bond donors (Lipinski definition) is 1. The largest absolute Gasteiger partial charge is 0.462 e. The lowest BCUT2D eigenvalue weighted by atomic mass is 10.0. The Bertz CT molecular complexity index is 1570. The van der Waals surface area contributed by atoms with E-state index in [9.17, 15) is 14.7 Å². The number of carbonyl (C=O) groups excluding carboxylic acids is 2. The van der Waals surface area contributed by atoms with Crippen molar-refractivity contribution in [1.29, 1.82) is 0 Å². The minimum absolute atomic E-state index is 0.0598. The number of unbranched alkanes of at least 4 members (excludes halogenated alkanes) is 56. The molecule has 0 aliphatic heterocycles. The van der Waals surface area contributed by atoms with Crippen molar-refractivity contribution in [1.82, 2.24) is 0 Å². The average molecular weight is 1260 g/mol. The normalized spacial score (nSPS) is 12.5. The quantitative estimate of drug-likeness (QED) is 0.0373. The molecule has 0 rings (SSSR count). The molecule has 526 valence electrons. The zero-order valence-corrected chi connectivity index (χ0v) is 60.7. The van der Waals surface area contributed by atoms with Crippen molar-refractivity contribution in [2.75, 3.05) is 13.2 Å². The topological polar surface area (TPSA) is 72.8 Å². The van der Waals surface area contributed by atoms with Gasteiger partial charge in [-0.15, -0.1) is 0 Å². The van der Waals surface area contributed by atoms with Crippen molar-refractivity contribution >= 4 is 11.9 Å². The number of hydrogen-bond acceptors (Lipinski definition) is 5. The summed E-state index contributed by atoms with van der Waals surface area (Å²) in [6, 6.07) is 0. The fraction of sp³-hybridized carbons (Fsp3) is 0.835. The van der Waals surface area contributed by atoms with Crippen molar-refractivity contribution in [3.8, 4) is 0 Å².